The van der Waals surface area contributed by atoms with Crippen LogP contribution in [0.2, 0.25) is 0 Å². The van der Waals surface area contributed by atoms with E-state index < -0.39 is 10.0 Å². The van der Waals surface area contributed by atoms with Crippen LogP contribution >= 0.6 is 0 Å². The molecule has 0 rings (SSSR count). The molecule has 0 saturated carbocycles. The summed E-state index contributed by atoms with van der Waals surface area (Å²) in [6, 6.07) is -0.380. The van der Waals surface area contributed by atoms with Crippen LogP contribution in [0.1, 0.15) is 13.3 Å². The highest BCUT2D eigenvalue weighted by molar-refractivity contribution is 7.89. The van der Waals surface area contributed by atoms with Crippen LogP contribution in [-0.4, -0.2) is 31.9 Å². The van der Waals surface area contributed by atoms with Crippen LogP contribution in [0.4, 0.5) is 0 Å². The quantitative estimate of drug-likeness (QED) is 0.577. The highest BCUT2D eigenvalue weighted by Gasteiger charge is 2.13. The molecule has 0 aromatic carbocycles. The Morgan fingerprint density at radius 1 is 1.67 bits per heavy atom. The third-order valence-corrected chi connectivity index (χ3v) is 2.76. The second kappa shape index (κ2) is 5.29. The van der Waals surface area contributed by atoms with Gasteiger partial charge in [-0.2, -0.15) is 0 Å². The van der Waals surface area contributed by atoms with Gasteiger partial charge < -0.3 is 5.11 Å². The lowest BCUT2D eigenvalue weighted by molar-refractivity contribution is 0.254. The maximum absolute atomic E-state index is 11.1. The fourth-order valence-electron chi connectivity index (χ4n) is 0.707. The van der Waals surface area contributed by atoms with Crippen molar-refractivity contribution in [3.05, 3.63) is 12.7 Å². The van der Waals surface area contributed by atoms with E-state index in [0.29, 0.717) is 6.42 Å². The maximum atomic E-state index is 11.1. The molecule has 0 bridgehead atoms. The summed E-state index contributed by atoms with van der Waals surface area (Å²) >= 11 is 0. The van der Waals surface area contributed by atoms with Crippen molar-refractivity contribution in [1.29, 1.82) is 0 Å². The van der Waals surface area contributed by atoms with Gasteiger partial charge in [0.1, 0.15) is 0 Å². The molecule has 1 atom stereocenters. The second-order valence-corrected chi connectivity index (χ2v) is 4.27. The summed E-state index contributed by atoms with van der Waals surface area (Å²) in [6.07, 6.45) is 1.89. The van der Waals surface area contributed by atoms with Gasteiger partial charge in [0.2, 0.25) is 10.0 Å². The van der Waals surface area contributed by atoms with E-state index in [2.05, 4.69) is 11.3 Å². The molecule has 0 aromatic heterocycles. The number of sulfonamides is 1. The molecular weight excluding hydrogens is 178 g/mol. The summed E-state index contributed by atoms with van der Waals surface area (Å²) < 4.78 is 24.5. The molecule has 0 unspecified atom stereocenters. The number of aliphatic hydroxyl groups excluding tert-OH is 1. The summed E-state index contributed by atoms with van der Waals surface area (Å²) in [5.41, 5.74) is 0. The molecule has 12 heavy (non-hydrogen) atoms. The van der Waals surface area contributed by atoms with Crippen LogP contribution in [-0.2, 0) is 10.0 Å². The minimum Gasteiger partial charge on any atom is -0.395 e. The maximum Gasteiger partial charge on any atom is 0.215 e. The van der Waals surface area contributed by atoms with Crippen molar-refractivity contribution < 1.29 is 13.5 Å². The van der Waals surface area contributed by atoms with Gasteiger partial charge in [-0.1, -0.05) is 13.0 Å². The lowest BCUT2D eigenvalue weighted by Gasteiger charge is -2.12. The predicted molar refractivity (Wildman–Crippen MR) is 48.3 cm³/mol. The first-order valence-electron chi connectivity index (χ1n) is 3.77. The van der Waals surface area contributed by atoms with Crippen LogP contribution in [0.3, 0.4) is 0 Å². The Balaban J connectivity index is 4.12. The molecule has 0 aliphatic heterocycles. The Morgan fingerprint density at radius 2 is 2.25 bits per heavy atom. The summed E-state index contributed by atoms with van der Waals surface area (Å²) in [6.45, 7) is 4.95. The first kappa shape index (κ1) is 11.6. The summed E-state index contributed by atoms with van der Waals surface area (Å²) in [5, 5.41) is 8.70. The van der Waals surface area contributed by atoms with Gasteiger partial charge in [-0.25, -0.2) is 13.1 Å². The molecule has 2 N–H and O–H groups in total. The fourth-order valence-corrected chi connectivity index (χ4v) is 1.86. The van der Waals surface area contributed by atoms with Crippen molar-refractivity contribution in [1.82, 2.24) is 4.72 Å². The van der Waals surface area contributed by atoms with Crippen molar-refractivity contribution in [2.24, 2.45) is 0 Å². The van der Waals surface area contributed by atoms with Crippen molar-refractivity contribution in [2.45, 2.75) is 19.4 Å². The molecule has 0 radical (unpaired) electrons. The molecule has 72 valence electrons. The number of nitrogens with one attached hydrogen (secondary N) is 1. The van der Waals surface area contributed by atoms with Gasteiger partial charge in [0.15, 0.2) is 0 Å². The van der Waals surface area contributed by atoms with E-state index in [-0.39, 0.29) is 18.4 Å². The molecule has 4 nitrogen and oxygen atoms in total. The molecule has 0 saturated heterocycles. The molecule has 0 amide bonds. The first-order chi connectivity index (χ1) is 5.55. The van der Waals surface area contributed by atoms with Gasteiger partial charge >= 0.3 is 0 Å². The lowest BCUT2D eigenvalue weighted by Crippen LogP contribution is -2.37. The van der Waals surface area contributed by atoms with Crippen LogP contribution in [0.25, 0.3) is 0 Å². The largest absolute Gasteiger partial charge is 0.395 e. The smallest absolute Gasteiger partial charge is 0.215 e. The van der Waals surface area contributed by atoms with Crippen molar-refractivity contribution in [3.8, 4) is 0 Å². The molecule has 0 aliphatic rings. The van der Waals surface area contributed by atoms with E-state index >= 15 is 0 Å². The van der Waals surface area contributed by atoms with Crippen molar-refractivity contribution in [2.75, 3.05) is 12.4 Å². The Morgan fingerprint density at radius 3 is 2.58 bits per heavy atom. The summed E-state index contributed by atoms with van der Waals surface area (Å²) in [4.78, 5) is 0. The molecule has 5 heteroatoms. The minimum absolute atomic E-state index is 0.108. The van der Waals surface area contributed by atoms with Crippen LogP contribution in [0.5, 0.6) is 0 Å². The van der Waals surface area contributed by atoms with Gasteiger partial charge in [0.05, 0.1) is 12.4 Å². The summed E-state index contributed by atoms with van der Waals surface area (Å²) in [7, 11) is -3.28. The van der Waals surface area contributed by atoms with Gasteiger partial charge in [-0.15, -0.1) is 6.58 Å². The molecule has 0 spiro atoms. The monoisotopic (exact) mass is 193 g/mol. The normalized spacial score (nSPS) is 14.2. The van der Waals surface area contributed by atoms with E-state index in [4.69, 9.17) is 5.11 Å². The zero-order chi connectivity index (χ0) is 9.61. The third-order valence-electron chi connectivity index (χ3n) is 1.40. The van der Waals surface area contributed by atoms with E-state index in [1.807, 2.05) is 0 Å². The SMILES string of the molecule is C=CCS(=O)(=O)N[C@@H](CC)CO. The Bertz CT molecular complexity index is 219. The second-order valence-electron chi connectivity index (χ2n) is 2.48. The fraction of sp³-hybridized carbons (Fsp3) is 0.714. The van der Waals surface area contributed by atoms with Crippen molar-refractivity contribution >= 4 is 10.0 Å². The molecule has 0 fully saturated rings. The highest BCUT2D eigenvalue weighted by Crippen LogP contribution is 1.93. The summed E-state index contributed by atoms with van der Waals surface area (Å²) in [5.74, 6) is -0.108. The first-order valence-corrected chi connectivity index (χ1v) is 5.42. The Kier molecular flexibility index (Phi) is 5.12. The van der Waals surface area contributed by atoms with Gasteiger partial charge in [0.25, 0.3) is 0 Å². The van der Waals surface area contributed by atoms with E-state index in [1.54, 1.807) is 6.92 Å². The van der Waals surface area contributed by atoms with Gasteiger partial charge in [-0.05, 0) is 6.42 Å². The number of aliphatic hydroxyl groups is 1. The minimum atomic E-state index is -3.28. The van der Waals surface area contributed by atoms with Crippen LogP contribution < -0.4 is 4.72 Å². The van der Waals surface area contributed by atoms with E-state index in [0.717, 1.165) is 0 Å². The zero-order valence-corrected chi connectivity index (χ0v) is 7.97. The number of rotatable bonds is 6. The van der Waals surface area contributed by atoms with Crippen LogP contribution in [0.15, 0.2) is 12.7 Å². The zero-order valence-electron chi connectivity index (χ0n) is 7.16. The average Bonchev–Trinajstić information content (AvgIpc) is 2.00. The number of hydrogen-bond acceptors (Lipinski definition) is 3. The lowest BCUT2D eigenvalue weighted by atomic mass is 10.3. The van der Waals surface area contributed by atoms with Crippen molar-refractivity contribution in [3.63, 3.8) is 0 Å². The average molecular weight is 193 g/mol. The van der Waals surface area contributed by atoms with Gasteiger partial charge in [-0.3, -0.25) is 0 Å². The molecular formula is C7H15NO3S. The highest BCUT2D eigenvalue weighted by atomic mass is 32.2. The predicted octanol–water partition coefficient (Wildman–Crippen LogP) is -0.137. The Hall–Kier alpha value is -0.390. The van der Waals surface area contributed by atoms with E-state index in [9.17, 15) is 8.42 Å². The molecule has 0 aliphatic carbocycles. The topological polar surface area (TPSA) is 66.4 Å². The Labute approximate surface area is 73.3 Å². The van der Waals surface area contributed by atoms with Crippen LogP contribution in [0, 0.1) is 0 Å². The van der Waals surface area contributed by atoms with Gasteiger partial charge in [0, 0.05) is 6.04 Å². The standard InChI is InChI=1S/C7H15NO3S/c1-3-5-12(10,11)8-7(4-2)6-9/h3,7-9H,1,4-6H2,2H3/t7-/m0/s1. The molecule has 0 aromatic rings. The van der Waals surface area contributed by atoms with E-state index in [1.165, 1.54) is 6.08 Å². The molecule has 0 heterocycles. The number of hydrogen-bond donors (Lipinski definition) is 2. The third kappa shape index (κ3) is 4.48.